The van der Waals surface area contributed by atoms with Gasteiger partial charge in [0.2, 0.25) is 0 Å². The maximum atomic E-state index is 5.99. The summed E-state index contributed by atoms with van der Waals surface area (Å²) in [6.45, 7) is 0. The molecular formula is C23H24N4. The third kappa shape index (κ3) is 3.51. The minimum Gasteiger partial charge on any atom is -0.399 e. The lowest BCUT2D eigenvalue weighted by molar-refractivity contribution is 0.709. The zero-order valence-electron chi connectivity index (χ0n) is 15.7. The second-order valence-electron chi connectivity index (χ2n) is 7.06. The van der Waals surface area contributed by atoms with Crippen LogP contribution in [-0.4, -0.2) is 19.8 Å². The Bertz CT molecular complexity index is 946. The Morgan fingerprint density at radius 2 is 1.67 bits per heavy atom. The van der Waals surface area contributed by atoms with Crippen molar-refractivity contribution in [2.24, 2.45) is 5.10 Å². The number of anilines is 3. The molecule has 0 amide bonds. The predicted octanol–water partition coefficient (Wildman–Crippen LogP) is 4.69. The number of hydrogen-bond acceptors (Lipinski definition) is 4. The second kappa shape index (κ2) is 7.16. The number of nitrogens with two attached hydrogens (primary N) is 1. The van der Waals surface area contributed by atoms with Crippen molar-refractivity contribution in [1.29, 1.82) is 0 Å². The summed E-state index contributed by atoms with van der Waals surface area (Å²) in [5.74, 6) is 0. The number of hydrazone groups is 1. The molecule has 1 aliphatic rings. The van der Waals surface area contributed by atoms with Gasteiger partial charge in [-0.3, -0.25) is 5.01 Å². The highest BCUT2D eigenvalue weighted by Gasteiger charge is 2.29. The standard InChI is InChI=1S/C23H24N4/c1-26(2)20-13-11-17(12-14-20)23-16-22(18-7-6-8-19(24)15-18)25-27(23)21-9-4-3-5-10-21/h3-15,23H,16,24H2,1-2H3. The van der Waals surface area contributed by atoms with E-state index in [4.69, 9.17) is 10.8 Å². The topological polar surface area (TPSA) is 44.9 Å². The van der Waals surface area contributed by atoms with Gasteiger partial charge in [0.1, 0.15) is 0 Å². The maximum Gasteiger partial charge on any atom is 0.0831 e. The van der Waals surface area contributed by atoms with Gasteiger partial charge < -0.3 is 10.6 Å². The van der Waals surface area contributed by atoms with E-state index in [1.807, 2.05) is 24.3 Å². The molecule has 4 heteroatoms. The summed E-state index contributed by atoms with van der Waals surface area (Å²) in [6.07, 6.45) is 0.847. The molecular weight excluding hydrogens is 332 g/mol. The van der Waals surface area contributed by atoms with E-state index in [1.165, 1.54) is 11.3 Å². The Morgan fingerprint density at radius 3 is 2.33 bits per heavy atom. The zero-order chi connectivity index (χ0) is 18.8. The minimum absolute atomic E-state index is 0.167. The van der Waals surface area contributed by atoms with Gasteiger partial charge in [-0.2, -0.15) is 5.10 Å². The molecule has 27 heavy (non-hydrogen) atoms. The fourth-order valence-electron chi connectivity index (χ4n) is 3.48. The molecule has 2 N–H and O–H groups in total. The molecule has 3 aromatic rings. The van der Waals surface area contributed by atoms with Gasteiger partial charge in [-0.1, -0.05) is 42.5 Å². The SMILES string of the molecule is CN(C)c1ccc(C2CC(c3cccc(N)c3)=NN2c2ccccc2)cc1. The maximum absolute atomic E-state index is 5.99. The largest absolute Gasteiger partial charge is 0.399 e. The number of nitrogens with zero attached hydrogens (tertiary/aromatic N) is 3. The zero-order valence-corrected chi connectivity index (χ0v) is 15.7. The summed E-state index contributed by atoms with van der Waals surface area (Å²) < 4.78 is 0. The Hall–Kier alpha value is -3.27. The van der Waals surface area contributed by atoms with Crippen LogP contribution >= 0.6 is 0 Å². The van der Waals surface area contributed by atoms with Crippen LogP contribution in [0.3, 0.4) is 0 Å². The van der Waals surface area contributed by atoms with E-state index in [1.54, 1.807) is 0 Å². The lowest BCUT2D eigenvalue weighted by Crippen LogP contribution is -2.18. The van der Waals surface area contributed by atoms with Gasteiger partial charge in [0, 0.05) is 31.9 Å². The molecule has 0 bridgehead atoms. The van der Waals surface area contributed by atoms with E-state index < -0.39 is 0 Å². The van der Waals surface area contributed by atoms with E-state index in [-0.39, 0.29) is 6.04 Å². The smallest absolute Gasteiger partial charge is 0.0831 e. The predicted molar refractivity (Wildman–Crippen MR) is 114 cm³/mol. The van der Waals surface area contributed by atoms with Crippen molar-refractivity contribution in [3.8, 4) is 0 Å². The fourth-order valence-corrected chi connectivity index (χ4v) is 3.48. The molecule has 1 heterocycles. The summed E-state index contributed by atoms with van der Waals surface area (Å²) in [6, 6.07) is 27.2. The quantitative estimate of drug-likeness (QED) is 0.690. The van der Waals surface area contributed by atoms with Crippen molar-refractivity contribution >= 4 is 22.8 Å². The summed E-state index contributed by atoms with van der Waals surface area (Å²) in [7, 11) is 4.11. The Morgan fingerprint density at radius 1 is 0.926 bits per heavy atom. The van der Waals surface area contributed by atoms with Crippen LogP contribution in [0.4, 0.5) is 17.1 Å². The molecule has 4 nitrogen and oxygen atoms in total. The second-order valence-corrected chi connectivity index (χ2v) is 7.06. The molecule has 0 saturated carbocycles. The Kier molecular flexibility index (Phi) is 4.55. The summed E-state index contributed by atoms with van der Waals surface area (Å²) in [5.41, 5.74) is 12.4. The number of para-hydroxylation sites is 1. The van der Waals surface area contributed by atoms with Crippen molar-refractivity contribution in [2.45, 2.75) is 12.5 Å². The van der Waals surface area contributed by atoms with Crippen LogP contribution in [0, 0.1) is 0 Å². The third-order valence-electron chi connectivity index (χ3n) is 4.95. The lowest BCUT2D eigenvalue weighted by atomic mass is 9.97. The summed E-state index contributed by atoms with van der Waals surface area (Å²) >= 11 is 0. The van der Waals surface area contributed by atoms with Crippen molar-refractivity contribution < 1.29 is 0 Å². The molecule has 1 aliphatic heterocycles. The van der Waals surface area contributed by atoms with Crippen LogP contribution < -0.4 is 15.6 Å². The molecule has 4 rings (SSSR count). The van der Waals surface area contributed by atoms with E-state index in [0.717, 1.165) is 29.1 Å². The number of benzene rings is 3. The Balaban J connectivity index is 1.72. The first-order chi connectivity index (χ1) is 13.1. The van der Waals surface area contributed by atoms with Gasteiger partial charge in [0.15, 0.2) is 0 Å². The number of rotatable bonds is 4. The monoisotopic (exact) mass is 356 g/mol. The third-order valence-corrected chi connectivity index (χ3v) is 4.95. The minimum atomic E-state index is 0.167. The molecule has 0 saturated heterocycles. The van der Waals surface area contributed by atoms with E-state index in [9.17, 15) is 0 Å². The molecule has 0 fully saturated rings. The number of nitrogen functional groups attached to an aromatic ring is 1. The van der Waals surface area contributed by atoms with Gasteiger partial charge in [0.05, 0.1) is 17.4 Å². The molecule has 0 aromatic heterocycles. The van der Waals surface area contributed by atoms with Gasteiger partial charge >= 0.3 is 0 Å². The van der Waals surface area contributed by atoms with Crippen molar-refractivity contribution in [1.82, 2.24) is 0 Å². The fraction of sp³-hybridized carbons (Fsp3) is 0.174. The van der Waals surface area contributed by atoms with Crippen LogP contribution in [0.1, 0.15) is 23.6 Å². The first-order valence-electron chi connectivity index (χ1n) is 9.17. The van der Waals surface area contributed by atoms with E-state index >= 15 is 0 Å². The Labute approximate surface area is 160 Å². The molecule has 136 valence electrons. The van der Waals surface area contributed by atoms with Crippen LogP contribution in [0.5, 0.6) is 0 Å². The highest BCUT2D eigenvalue weighted by Crippen LogP contribution is 2.37. The van der Waals surface area contributed by atoms with Gasteiger partial charge in [0.25, 0.3) is 0 Å². The average molecular weight is 356 g/mol. The van der Waals surface area contributed by atoms with Crippen LogP contribution in [0.2, 0.25) is 0 Å². The highest BCUT2D eigenvalue weighted by atomic mass is 15.5. The molecule has 0 aliphatic carbocycles. The van der Waals surface area contributed by atoms with Gasteiger partial charge in [-0.15, -0.1) is 0 Å². The number of hydrogen-bond donors (Lipinski definition) is 1. The lowest BCUT2D eigenvalue weighted by Gasteiger charge is -2.24. The molecule has 3 aromatic carbocycles. The van der Waals surface area contributed by atoms with E-state index in [0.29, 0.717) is 0 Å². The summed E-state index contributed by atoms with van der Waals surface area (Å²) in [4.78, 5) is 2.11. The average Bonchev–Trinajstić information content (AvgIpc) is 3.14. The van der Waals surface area contributed by atoms with Crippen molar-refractivity contribution in [3.05, 3.63) is 90.0 Å². The van der Waals surface area contributed by atoms with E-state index in [2.05, 4.69) is 78.6 Å². The van der Waals surface area contributed by atoms with Crippen LogP contribution in [0.25, 0.3) is 0 Å². The molecule has 1 unspecified atom stereocenters. The van der Waals surface area contributed by atoms with Gasteiger partial charge in [-0.25, -0.2) is 0 Å². The van der Waals surface area contributed by atoms with Crippen LogP contribution in [0.15, 0.2) is 84.0 Å². The van der Waals surface area contributed by atoms with Crippen molar-refractivity contribution in [2.75, 3.05) is 29.7 Å². The van der Waals surface area contributed by atoms with Crippen molar-refractivity contribution in [3.63, 3.8) is 0 Å². The molecule has 0 spiro atoms. The normalized spacial score (nSPS) is 16.3. The first kappa shape index (κ1) is 17.2. The molecule has 0 radical (unpaired) electrons. The summed E-state index contributed by atoms with van der Waals surface area (Å²) in [5, 5.41) is 7.10. The van der Waals surface area contributed by atoms with Gasteiger partial charge in [-0.05, 0) is 47.5 Å². The van der Waals surface area contributed by atoms with Crippen LogP contribution in [-0.2, 0) is 0 Å². The molecule has 1 atom stereocenters. The highest BCUT2D eigenvalue weighted by molar-refractivity contribution is 6.03. The first-order valence-corrected chi connectivity index (χ1v) is 9.17.